The normalized spacial score (nSPS) is 11.2. The molecule has 0 aliphatic carbocycles. The summed E-state index contributed by atoms with van der Waals surface area (Å²) in [6.45, 7) is 2.08. The average Bonchev–Trinajstić information content (AvgIpc) is 3.12. The Morgan fingerprint density at radius 2 is 1.74 bits per heavy atom. The lowest BCUT2D eigenvalue weighted by Gasteiger charge is -2.10. The van der Waals surface area contributed by atoms with Crippen LogP contribution in [0.3, 0.4) is 0 Å². The number of nitrogens with one attached hydrogen (secondary N) is 2. The van der Waals surface area contributed by atoms with Crippen LogP contribution in [0.1, 0.15) is 17.4 Å². The van der Waals surface area contributed by atoms with Gasteiger partial charge >= 0.3 is 5.69 Å². The Hall–Kier alpha value is -3.15. The SMILES string of the molecule is CCn1cc([N+](=O)[O-])c(C(=O)Nc2ccc(S(=O)(=O)Nc3cc(Cl)cc(Cl)c3)cc2)n1. The number of sulfonamides is 1. The van der Waals surface area contributed by atoms with Crippen LogP contribution in [0.4, 0.5) is 17.1 Å². The Kier molecular flexibility index (Phi) is 6.48. The average molecular weight is 484 g/mol. The van der Waals surface area contributed by atoms with Crippen LogP contribution in [0.5, 0.6) is 0 Å². The molecule has 1 amide bonds. The van der Waals surface area contributed by atoms with Crippen LogP contribution in [0.15, 0.2) is 53.6 Å². The van der Waals surface area contributed by atoms with Crippen molar-refractivity contribution in [3.63, 3.8) is 0 Å². The number of rotatable bonds is 7. The molecule has 162 valence electrons. The summed E-state index contributed by atoms with van der Waals surface area (Å²) in [5.41, 5.74) is -0.352. The maximum absolute atomic E-state index is 12.6. The number of hydrogen-bond donors (Lipinski definition) is 2. The molecule has 0 saturated carbocycles. The van der Waals surface area contributed by atoms with Crippen molar-refractivity contribution in [2.45, 2.75) is 18.4 Å². The van der Waals surface area contributed by atoms with Gasteiger partial charge in [-0.25, -0.2) is 8.42 Å². The topological polar surface area (TPSA) is 136 Å². The molecular weight excluding hydrogens is 469 g/mol. The van der Waals surface area contributed by atoms with Crippen LogP contribution < -0.4 is 10.0 Å². The summed E-state index contributed by atoms with van der Waals surface area (Å²) in [4.78, 5) is 22.8. The summed E-state index contributed by atoms with van der Waals surface area (Å²) < 4.78 is 28.8. The van der Waals surface area contributed by atoms with E-state index in [0.717, 1.165) is 0 Å². The summed E-state index contributed by atoms with van der Waals surface area (Å²) >= 11 is 11.8. The van der Waals surface area contributed by atoms with Crippen LogP contribution in [0.25, 0.3) is 0 Å². The lowest BCUT2D eigenvalue weighted by Crippen LogP contribution is -2.15. The van der Waals surface area contributed by atoms with Crippen molar-refractivity contribution < 1.29 is 18.1 Å². The molecule has 0 aliphatic heterocycles. The van der Waals surface area contributed by atoms with E-state index >= 15 is 0 Å². The number of aromatic nitrogens is 2. The molecule has 2 N–H and O–H groups in total. The number of amides is 1. The van der Waals surface area contributed by atoms with Crippen molar-refractivity contribution in [3.8, 4) is 0 Å². The van der Waals surface area contributed by atoms with Gasteiger partial charge in [0.15, 0.2) is 0 Å². The van der Waals surface area contributed by atoms with Gasteiger partial charge in [-0.3, -0.25) is 24.3 Å². The van der Waals surface area contributed by atoms with E-state index in [9.17, 15) is 23.3 Å². The lowest BCUT2D eigenvalue weighted by atomic mass is 10.3. The zero-order chi connectivity index (χ0) is 22.8. The molecule has 2 aromatic carbocycles. The number of hydrogen-bond acceptors (Lipinski definition) is 6. The zero-order valence-corrected chi connectivity index (χ0v) is 18.2. The maximum Gasteiger partial charge on any atom is 0.320 e. The summed E-state index contributed by atoms with van der Waals surface area (Å²) in [6, 6.07) is 9.50. The smallest absolute Gasteiger partial charge is 0.320 e. The van der Waals surface area contributed by atoms with Gasteiger partial charge in [0.2, 0.25) is 5.69 Å². The van der Waals surface area contributed by atoms with Crippen LogP contribution in [0, 0.1) is 10.1 Å². The zero-order valence-electron chi connectivity index (χ0n) is 15.9. The van der Waals surface area contributed by atoms with Gasteiger partial charge in [0, 0.05) is 22.3 Å². The number of anilines is 2. The molecule has 0 aliphatic rings. The first-order chi connectivity index (χ1) is 14.6. The second-order valence-corrected chi connectivity index (χ2v) is 8.77. The van der Waals surface area contributed by atoms with Gasteiger partial charge in [-0.15, -0.1) is 0 Å². The van der Waals surface area contributed by atoms with E-state index in [1.54, 1.807) is 6.92 Å². The maximum atomic E-state index is 12.6. The number of aryl methyl sites for hydroxylation is 1. The van der Waals surface area contributed by atoms with Crippen molar-refractivity contribution >= 4 is 56.2 Å². The van der Waals surface area contributed by atoms with Crippen molar-refractivity contribution in [2.24, 2.45) is 0 Å². The second kappa shape index (κ2) is 8.92. The predicted octanol–water partition coefficient (Wildman–Crippen LogP) is 4.17. The molecule has 3 rings (SSSR count). The van der Waals surface area contributed by atoms with E-state index in [1.165, 1.54) is 53.3 Å². The number of carbonyl (C=O) groups is 1. The minimum atomic E-state index is -3.95. The Labute approximate surface area is 187 Å². The van der Waals surface area contributed by atoms with Crippen molar-refractivity contribution in [2.75, 3.05) is 10.0 Å². The quantitative estimate of drug-likeness (QED) is 0.382. The largest absolute Gasteiger partial charge is 0.320 e. The van der Waals surface area contributed by atoms with Gasteiger partial charge in [0.1, 0.15) is 6.20 Å². The van der Waals surface area contributed by atoms with Gasteiger partial charge in [0.25, 0.3) is 15.9 Å². The van der Waals surface area contributed by atoms with Gasteiger partial charge in [0.05, 0.1) is 15.5 Å². The van der Waals surface area contributed by atoms with Gasteiger partial charge in [-0.2, -0.15) is 5.10 Å². The molecule has 1 aromatic heterocycles. The fraction of sp³-hybridized carbons (Fsp3) is 0.111. The summed E-state index contributed by atoms with van der Waals surface area (Å²) in [5, 5.41) is 18.0. The Bertz CT molecular complexity index is 1240. The van der Waals surface area contributed by atoms with E-state index in [1.807, 2.05) is 0 Å². The molecule has 0 unspecified atom stereocenters. The molecule has 0 fully saturated rings. The highest BCUT2D eigenvalue weighted by Crippen LogP contribution is 2.25. The Morgan fingerprint density at radius 1 is 1.13 bits per heavy atom. The number of nitrogens with zero attached hydrogens (tertiary/aromatic N) is 3. The lowest BCUT2D eigenvalue weighted by molar-refractivity contribution is -0.385. The number of benzene rings is 2. The first-order valence-electron chi connectivity index (χ1n) is 8.71. The Balaban J connectivity index is 1.78. The molecule has 0 atom stereocenters. The highest BCUT2D eigenvalue weighted by atomic mass is 35.5. The minimum absolute atomic E-state index is 0.0807. The van der Waals surface area contributed by atoms with Crippen LogP contribution in [0.2, 0.25) is 10.0 Å². The minimum Gasteiger partial charge on any atom is -0.320 e. The van der Waals surface area contributed by atoms with Crippen LogP contribution in [-0.2, 0) is 16.6 Å². The van der Waals surface area contributed by atoms with Crippen molar-refractivity contribution in [1.82, 2.24) is 9.78 Å². The molecule has 10 nitrogen and oxygen atoms in total. The van der Waals surface area contributed by atoms with Crippen molar-refractivity contribution in [1.29, 1.82) is 0 Å². The number of carbonyl (C=O) groups excluding carboxylic acids is 1. The van der Waals surface area contributed by atoms with Crippen molar-refractivity contribution in [3.05, 3.63) is 74.5 Å². The third kappa shape index (κ3) is 5.32. The molecule has 31 heavy (non-hydrogen) atoms. The van der Waals surface area contributed by atoms with Gasteiger partial charge in [-0.1, -0.05) is 23.2 Å². The molecule has 0 spiro atoms. The van der Waals surface area contributed by atoms with Gasteiger partial charge in [-0.05, 0) is 49.4 Å². The van der Waals surface area contributed by atoms with Gasteiger partial charge < -0.3 is 5.32 Å². The Morgan fingerprint density at radius 3 is 2.29 bits per heavy atom. The standard InChI is InChI=1S/C18H15Cl2N5O5S/c1-2-24-10-16(25(27)28)17(22-24)18(26)21-13-3-5-15(6-4-13)31(29,30)23-14-8-11(19)7-12(20)9-14/h3-10,23H,2H2,1H3,(H,21,26). The highest BCUT2D eigenvalue weighted by molar-refractivity contribution is 7.92. The second-order valence-electron chi connectivity index (χ2n) is 6.22. The van der Waals surface area contributed by atoms with Crippen LogP contribution in [-0.4, -0.2) is 29.0 Å². The molecule has 3 aromatic rings. The van der Waals surface area contributed by atoms with E-state index in [2.05, 4.69) is 15.1 Å². The van der Waals surface area contributed by atoms with E-state index in [0.29, 0.717) is 6.54 Å². The molecule has 0 bridgehead atoms. The summed E-state index contributed by atoms with van der Waals surface area (Å²) in [6.07, 6.45) is 1.17. The third-order valence-electron chi connectivity index (χ3n) is 4.02. The fourth-order valence-electron chi connectivity index (χ4n) is 2.60. The monoisotopic (exact) mass is 483 g/mol. The molecule has 0 saturated heterocycles. The molecule has 0 radical (unpaired) electrons. The number of halogens is 2. The highest BCUT2D eigenvalue weighted by Gasteiger charge is 2.25. The molecule has 13 heteroatoms. The van der Waals surface area contributed by atoms with E-state index in [-0.39, 0.29) is 32.0 Å². The molecular formula is C18H15Cl2N5O5S. The predicted molar refractivity (Wildman–Crippen MR) is 116 cm³/mol. The first kappa shape index (κ1) is 22.5. The summed E-state index contributed by atoms with van der Waals surface area (Å²) in [5.74, 6) is -0.791. The van der Waals surface area contributed by atoms with E-state index in [4.69, 9.17) is 23.2 Å². The third-order valence-corrected chi connectivity index (χ3v) is 5.85. The fourth-order valence-corrected chi connectivity index (χ4v) is 4.17. The molecule has 1 heterocycles. The van der Waals surface area contributed by atoms with E-state index < -0.39 is 26.5 Å². The summed E-state index contributed by atoms with van der Waals surface area (Å²) in [7, 11) is -3.95. The number of nitro groups is 1. The van der Waals surface area contributed by atoms with Crippen LogP contribution >= 0.6 is 23.2 Å². The first-order valence-corrected chi connectivity index (χ1v) is 10.9.